The van der Waals surface area contributed by atoms with Crippen molar-refractivity contribution in [1.29, 1.82) is 0 Å². The van der Waals surface area contributed by atoms with Crippen LogP contribution in [0.2, 0.25) is 0 Å². The lowest BCUT2D eigenvalue weighted by atomic mass is 9.77. The van der Waals surface area contributed by atoms with Crippen molar-refractivity contribution in [2.75, 3.05) is 0 Å². The van der Waals surface area contributed by atoms with Gasteiger partial charge in [-0.05, 0) is 66.2 Å². The van der Waals surface area contributed by atoms with E-state index in [-0.39, 0.29) is 18.3 Å². The standard InChI is InChI=1S/C22H27BF2O3/c1-2-3-15-4-8-17(9-5-15)18-12-20(24)22(21(25)13-18)28-14-16-6-10-19(11-7-16)23(26)27/h6-7,10-13,15,17,26-27H,2-5,8-9,14H2,1H3. The Bertz CT molecular complexity index is 749. The van der Waals surface area contributed by atoms with Crippen LogP contribution in [0.4, 0.5) is 8.78 Å². The summed E-state index contributed by atoms with van der Waals surface area (Å²) >= 11 is 0. The number of ether oxygens (including phenoxy) is 1. The van der Waals surface area contributed by atoms with Crippen molar-refractivity contribution in [3.63, 3.8) is 0 Å². The largest absolute Gasteiger partial charge is 0.488 e. The van der Waals surface area contributed by atoms with Crippen LogP contribution in [0.15, 0.2) is 36.4 Å². The molecule has 3 nitrogen and oxygen atoms in total. The first kappa shape index (κ1) is 20.8. The highest BCUT2D eigenvalue weighted by molar-refractivity contribution is 6.58. The fourth-order valence-corrected chi connectivity index (χ4v) is 4.09. The fraction of sp³-hybridized carbons (Fsp3) is 0.455. The van der Waals surface area contributed by atoms with Crippen molar-refractivity contribution < 1.29 is 23.6 Å². The van der Waals surface area contributed by atoms with Crippen LogP contribution in [-0.2, 0) is 6.61 Å². The van der Waals surface area contributed by atoms with E-state index in [1.165, 1.54) is 37.1 Å². The van der Waals surface area contributed by atoms with Crippen molar-refractivity contribution in [3.05, 3.63) is 59.2 Å². The van der Waals surface area contributed by atoms with Crippen LogP contribution >= 0.6 is 0 Å². The summed E-state index contributed by atoms with van der Waals surface area (Å²) in [5.41, 5.74) is 1.75. The Morgan fingerprint density at radius 1 is 1.00 bits per heavy atom. The molecule has 0 aliphatic heterocycles. The molecule has 2 N–H and O–H groups in total. The van der Waals surface area contributed by atoms with Crippen LogP contribution in [0, 0.1) is 17.6 Å². The molecule has 3 rings (SSSR count). The van der Waals surface area contributed by atoms with Crippen LogP contribution in [0.1, 0.15) is 62.5 Å². The molecule has 150 valence electrons. The zero-order valence-corrected chi connectivity index (χ0v) is 16.2. The summed E-state index contributed by atoms with van der Waals surface area (Å²) in [5, 5.41) is 18.2. The van der Waals surface area contributed by atoms with Gasteiger partial charge in [0, 0.05) is 0 Å². The van der Waals surface area contributed by atoms with E-state index in [2.05, 4.69) is 6.92 Å². The minimum Gasteiger partial charge on any atom is -0.483 e. The van der Waals surface area contributed by atoms with Gasteiger partial charge in [-0.3, -0.25) is 0 Å². The van der Waals surface area contributed by atoms with Gasteiger partial charge in [0.15, 0.2) is 17.4 Å². The second-order valence-electron chi connectivity index (χ2n) is 7.72. The summed E-state index contributed by atoms with van der Waals surface area (Å²) in [6.45, 7) is 2.19. The minimum atomic E-state index is -1.55. The summed E-state index contributed by atoms with van der Waals surface area (Å²) < 4.78 is 34.4. The lowest BCUT2D eigenvalue weighted by Gasteiger charge is -2.28. The molecule has 0 unspecified atom stereocenters. The van der Waals surface area contributed by atoms with Crippen LogP contribution in [0.3, 0.4) is 0 Å². The Morgan fingerprint density at radius 2 is 1.61 bits per heavy atom. The van der Waals surface area contributed by atoms with E-state index in [0.717, 1.165) is 37.2 Å². The van der Waals surface area contributed by atoms with Crippen LogP contribution < -0.4 is 10.2 Å². The first-order chi connectivity index (χ1) is 13.5. The Labute approximate surface area is 165 Å². The zero-order chi connectivity index (χ0) is 20.1. The molecule has 28 heavy (non-hydrogen) atoms. The Balaban J connectivity index is 1.63. The van der Waals surface area contributed by atoms with E-state index in [0.29, 0.717) is 11.0 Å². The average Bonchev–Trinajstić information content (AvgIpc) is 2.68. The SMILES string of the molecule is CCCC1CCC(c2cc(F)c(OCc3ccc(B(O)O)cc3)c(F)c2)CC1. The van der Waals surface area contributed by atoms with E-state index >= 15 is 0 Å². The first-order valence-corrected chi connectivity index (χ1v) is 10.0. The molecule has 1 aliphatic carbocycles. The number of hydrogen-bond donors (Lipinski definition) is 2. The molecule has 0 atom stereocenters. The Kier molecular flexibility index (Phi) is 7.08. The molecule has 1 aliphatic rings. The predicted molar refractivity (Wildman–Crippen MR) is 107 cm³/mol. The summed E-state index contributed by atoms with van der Waals surface area (Å²) in [7, 11) is -1.55. The lowest BCUT2D eigenvalue weighted by molar-refractivity contribution is 0.272. The maximum Gasteiger partial charge on any atom is 0.488 e. The summed E-state index contributed by atoms with van der Waals surface area (Å²) in [6.07, 6.45) is 6.63. The van der Waals surface area contributed by atoms with Gasteiger partial charge < -0.3 is 14.8 Å². The molecule has 0 bridgehead atoms. The monoisotopic (exact) mass is 388 g/mol. The van der Waals surface area contributed by atoms with Crippen molar-refractivity contribution in [2.24, 2.45) is 5.92 Å². The van der Waals surface area contributed by atoms with Gasteiger partial charge in [0.1, 0.15) is 6.61 Å². The number of benzene rings is 2. The summed E-state index contributed by atoms with van der Waals surface area (Å²) in [6, 6.07) is 9.16. The highest BCUT2D eigenvalue weighted by Gasteiger charge is 2.24. The topological polar surface area (TPSA) is 49.7 Å². The summed E-state index contributed by atoms with van der Waals surface area (Å²) in [4.78, 5) is 0. The molecule has 1 saturated carbocycles. The van der Waals surface area contributed by atoms with E-state index in [1.54, 1.807) is 12.1 Å². The Morgan fingerprint density at radius 3 is 2.14 bits per heavy atom. The Hall–Kier alpha value is -1.92. The molecule has 2 aromatic carbocycles. The molecule has 6 heteroatoms. The van der Waals surface area contributed by atoms with Gasteiger partial charge in [0.25, 0.3) is 0 Å². The van der Waals surface area contributed by atoms with Gasteiger partial charge >= 0.3 is 7.12 Å². The van der Waals surface area contributed by atoms with Gasteiger partial charge in [-0.2, -0.15) is 0 Å². The highest BCUT2D eigenvalue weighted by atomic mass is 19.1. The molecule has 1 fully saturated rings. The molecule has 0 spiro atoms. The van der Waals surface area contributed by atoms with Crippen molar-refractivity contribution in [2.45, 2.75) is 58.0 Å². The third-order valence-corrected chi connectivity index (χ3v) is 5.70. The van der Waals surface area contributed by atoms with E-state index in [4.69, 9.17) is 14.8 Å². The van der Waals surface area contributed by atoms with Gasteiger partial charge in [0.2, 0.25) is 0 Å². The third kappa shape index (κ3) is 5.12. The summed E-state index contributed by atoms with van der Waals surface area (Å²) in [5.74, 6) is -0.753. The van der Waals surface area contributed by atoms with Crippen LogP contribution in [0.25, 0.3) is 0 Å². The molecular weight excluding hydrogens is 361 g/mol. The maximum absolute atomic E-state index is 14.5. The zero-order valence-electron chi connectivity index (χ0n) is 16.2. The molecule has 0 heterocycles. The number of hydrogen-bond acceptors (Lipinski definition) is 3. The predicted octanol–water partition coefficient (Wildman–Crippen LogP) is 4.30. The molecular formula is C22H27BF2O3. The van der Waals surface area contributed by atoms with Gasteiger partial charge in [-0.15, -0.1) is 0 Å². The van der Waals surface area contributed by atoms with Crippen molar-refractivity contribution in [3.8, 4) is 5.75 Å². The number of rotatable bonds is 7. The molecule has 0 saturated heterocycles. The number of halogens is 2. The van der Waals surface area contributed by atoms with Crippen LogP contribution in [-0.4, -0.2) is 17.2 Å². The van der Waals surface area contributed by atoms with Gasteiger partial charge in [-0.1, -0.05) is 44.0 Å². The highest BCUT2D eigenvalue weighted by Crippen LogP contribution is 2.39. The second kappa shape index (κ2) is 9.53. The smallest absolute Gasteiger partial charge is 0.483 e. The van der Waals surface area contributed by atoms with E-state index < -0.39 is 18.8 Å². The first-order valence-electron chi connectivity index (χ1n) is 10.0. The van der Waals surface area contributed by atoms with Gasteiger partial charge in [-0.25, -0.2) is 8.78 Å². The molecule has 0 aromatic heterocycles. The maximum atomic E-state index is 14.5. The van der Waals surface area contributed by atoms with Gasteiger partial charge in [0.05, 0.1) is 0 Å². The normalized spacial score (nSPS) is 19.5. The molecule has 0 amide bonds. The average molecular weight is 388 g/mol. The van der Waals surface area contributed by atoms with E-state index in [1.807, 2.05) is 0 Å². The molecule has 2 aromatic rings. The van der Waals surface area contributed by atoms with Crippen molar-refractivity contribution >= 4 is 12.6 Å². The van der Waals surface area contributed by atoms with Crippen molar-refractivity contribution in [1.82, 2.24) is 0 Å². The quantitative estimate of drug-likeness (QED) is 0.696. The lowest BCUT2D eigenvalue weighted by Crippen LogP contribution is -2.29. The second-order valence-corrected chi connectivity index (χ2v) is 7.72. The fourth-order valence-electron chi connectivity index (χ4n) is 4.09. The third-order valence-electron chi connectivity index (χ3n) is 5.70. The van der Waals surface area contributed by atoms with E-state index in [9.17, 15) is 8.78 Å². The van der Waals surface area contributed by atoms with Crippen LogP contribution in [0.5, 0.6) is 5.75 Å². The molecule has 0 radical (unpaired) electrons. The minimum absolute atomic E-state index is 0.00286.